The monoisotopic (exact) mass is 184 g/mol. The number of aromatic hydroxyl groups is 2. The maximum absolute atomic E-state index is 9.62. The molecule has 14 heavy (non-hydrogen) atoms. The number of hydrogen-bond donors (Lipinski definition) is 2. The molecule has 0 amide bonds. The standard InChI is InChI=1S/C12H8O2/c1-2-8-7-9-5-3-4-6-10(9)12(14)11(8)13/h1,3-7,13-14H. The second-order valence-corrected chi connectivity index (χ2v) is 2.99. The molecule has 0 aliphatic rings. The summed E-state index contributed by atoms with van der Waals surface area (Å²) in [7, 11) is 0. The van der Waals surface area contributed by atoms with Gasteiger partial charge in [0.05, 0.1) is 5.56 Å². The van der Waals surface area contributed by atoms with Gasteiger partial charge in [0.1, 0.15) is 0 Å². The van der Waals surface area contributed by atoms with Gasteiger partial charge in [-0.2, -0.15) is 0 Å². The van der Waals surface area contributed by atoms with E-state index >= 15 is 0 Å². The summed E-state index contributed by atoms with van der Waals surface area (Å²) in [5.41, 5.74) is 0.307. The lowest BCUT2D eigenvalue weighted by atomic mass is 10.1. The second-order valence-electron chi connectivity index (χ2n) is 2.99. The van der Waals surface area contributed by atoms with Crippen LogP contribution in [0.25, 0.3) is 10.8 Å². The number of phenols is 2. The van der Waals surface area contributed by atoms with Crippen LogP contribution in [0, 0.1) is 12.3 Å². The first kappa shape index (κ1) is 8.46. The van der Waals surface area contributed by atoms with Crippen LogP contribution in [-0.4, -0.2) is 10.2 Å². The van der Waals surface area contributed by atoms with E-state index in [0.717, 1.165) is 5.39 Å². The van der Waals surface area contributed by atoms with Gasteiger partial charge in [0.25, 0.3) is 0 Å². The lowest BCUT2D eigenvalue weighted by Gasteiger charge is -2.05. The van der Waals surface area contributed by atoms with Crippen LogP contribution in [0.3, 0.4) is 0 Å². The van der Waals surface area contributed by atoms with E-state index in [-0.39, 0.29) is 11.5 Å². The fourth-order valence-corrected chi connectivity index (χ4v) is 1.43. The highest BCUT2D eigenvalue weighted by molar-refractivity contribution is 5.92. The average Bonchev–Trinajstić information content (AvgIpc) is 2.23. The maximum Gasteiger partial charge on any atom is 0.174 e. The highest BCUT2D eigenvalue weighted by atomic mass is 16.3. The molecular formula is C12H8O2. The normalized spacial score (nSPS) is 9.93. The van der Waals surface area contributed by atoms with Gasteiger partial charge in [0.15, 0.2) is 11.5 Å². The van der Waals surface area contributed by atoms with Crippen molar-refractivity contribution in [2.45, 2.75) is 0 Å². The molecule has 0 aromatic heterocycles. The van der Waals surface area contributed by atoms with Crippen LogP contribution in [0.2, 0.25) is 0 Å². The van der Waals surface area contributed by atoms with Crippen LogP contribution in [0.15, 0.2) is 30.3 Å². The maximum atomic E-state index is 9.62. The molecule has 0 spiro atoms. The summed E-state index contributed by atoms with van der Waals surface area (Å²) in [4.78, 5) is 0. The number of phenolic OH excluding ortho intramolecular Hbond substituents is 2. The van der Waals surface area contributed by atoms with Gasteiger partial charge in [-0.15, -0.1) is 6.42 Å². The number of rotatable bonds is 0. The fraction of sp³-hybridized carbons (Fsp3) is 0. The van der Waals surface area contributed by atoms with Crippen LogP contribution in [0.4, 0.5) is 0 Å². The van der Waals surface area contributed by atoms with Crippen molar-refractivity contribution in [3.05, 3.63) is 35.9 Å². The van der Waals surface area contributed by atoms with Gasteiger partial charge >= 0.3 is 0 Å². The lowest BCUT2D eigenvalue weighted by molar-refractivity contribution is 0.407. The first-order chi connectivity index (χ1) is 6.74. The van der Waals surface area contributed by atoms with Gasteiger partial charge < -0.3 is 10.2 Å². The number of hydrogen-bond acceptors (Lipinski definition) is 2. The van der Waals surface area contributed by atoms with E-state index in [1.54, 1.807) is 18.2 Å². The predicted octanol–water partition coefficient (Wildman–Crippen LogP) is 2.23. The van der Waals surface area contributed by atoms with E-state index in [2.05, 4.69) is 5.92 Å². The zero-order valence-electron chi connectivity index (χ0n) is 7.36. The van der Waals surface area contributed by atoms with Gasteiger partial charge in [-0.25, -0.2) is 0 Å². The Morgan fingerprint density at radius 3 is 2.50 bits per heavy atom. The Hall–Kier alpha value is -2.14. The van der Waals surface area contributed by atoms with Crippen molar-refractivity contribution in [2.75, 3.05) is 0 Å². The molecule has 68 valence electrons. The molecule has 2 nitrogen and oxygen atoms in total. The van der Waals surface area contributed by atoms with Crippen molar-refractivity contribution in [2.24, 2.45) is 0 Å². The highest BCUT2D eigenvalue weighted by Crippen LogP contribution is 2.36. The molecule has 2 N–H and O–H groups in total. The quantitative estimate of drug-likeness (QED) is 0.487. The molecule has 2 rings (SSSR count). The van der Waals surface area contributed by atoms with Crippen LogP contribution in [0.1, 0.15) is 5.56 Å². The molecule has 0 bridgehead atoms. The minimum atomic E-state index is -0.230. The van der Waals surface area contributed by atoms with Gasteiger partial charge in [0, 0.05) is 5.39 Å². The third-order valence-electron chi connectivity index (χ3n) is 2.15. The third kappa shape index (κ3) is 1.07. The third-order valence-corrected chi connectivity index (χ3v) is 2.15. The summed E-state index contributed by atoms with van der Waals surface area (Å²) < 4.78 is 0. The van der Waals surface area contributed by atoms with Crippen LogP contribution < -0.4 is 0 Å². The molecule has 2 aromatic rings. The summed E-state index contributed by atoms with van der Waals surface area (Å²) in [6.45, 7) is 0. The second kappa shape index (κ2) is 2.97. The summed E-state index contributed by atoms with van der Waals surface area (Å²) >= 11 is 0. The van der Waals surface area contributed by atoms with Gasteiger partial charge in [0.2, 0.25) is 0 Å². The smallest absolute Gasteiger partial charge is 0.174 e. The molecule has 0 heterocycles. The Morgan fingerprint density at radius 2 is 1.79 bits per heavy atom. The number of benzene rings is 2. The Bertz CT molecular complexity index is 536. The molecule has 0 atom stereocenters. The zero-order valence-corrected chi connectivity index (χ0v) is 7.36. The van der Waals surface area contributed by atoms with E-state index in [4.69, 9.17) is 6.42 Å². The van der Waals surface area contributed by atoms with Crippen molar-refractivity contribution in [1.29, 1.82) is 0 Å². The van der Waals surface area contributed by atoms with Crippen molar-refractivity contribution >= 4 is 10.8 Å². The van der Waals surface area contributed by atoms with Gasteiger partial charge in [-0.3, -0.25) is 0 Å². The lowest BCUT2D eigenvalue weighted by Crippen LogP contribution is -1.80. The topological polar surface area (TPSA) is 40.5 Å². The van der Waals surface area contributed by atoms with Crippen molar-refractivity contribution in [3.8, 4) is 23.8 Å². The van der Waals surface area contributed by atoms with Gasteiger partial charge in [-0.05, 0) is 11.5 Å². The number of terminal acetylenes is 1. The van der Waals surface area contributed by atoms with Crippen molar-refractivity contribution in [3.63, 3.8) is 0 Å². The Balaban J connectivity index is 2.94. The molecular weight excluding hydrogens is 176 g/mol. The summed E-state index contributed by atoms with van der Waals surface area (Å²) in [6.07, 6.45) is 5.19. The molecule has 0 aliphatic heterocycles. The Labute approximate surface area is 81.4 Å². The first-order valence-electron chi connectivity index (χ1n) is 4.14. The summed E-state index contributed by atoms with van der Waals surface area (Å²) in [6, 6.07) is 8.86. The molecule has 2 aromatic carbocycles. The fourth-order valence-electron chi connectivity index (χ4n) is 1.43. The average molecular weight is 184 g/mol. The molecule has 0 saturated heterocycles. The van der Waals surface area contributed by atoms with Crippen molar-refractivity contribution in [1.82, 2.24) is 0 Å². The van der Waals surface area contributed by atoms with E-state index in [0.29, 0.717) is 10.9 Å². The highest BCUT2D eigenvalue weighted by Gasteiger charge is 2.09. The van der Waals surface area contributed by atoms with E-state index in [1.165, 1.54) is 0 Å². The molecule has 0 aliphatic carbocycles. The molecule has 2 heteroatoms. The SMILES string of the molecule is C#Cc1cc2ccccc2c(O)c1O. The van der Waals surface area contributed by atoms with E-state index in [9.17, 15) is 10.2 Å². The molecule has 0 unspecified atom stereocenters. The first-order valence-corrected chi connectivity index (χ1v) is 4.14. The summed E-state index contributed by atoms with van der Waals surface area (Å²) in [5, 5.41) is 20.5. The van der Waals surface area contributed by atoms with E-state index < -0.39 is 0 Å². The Kier molecular flexibility index (Phi) is 1.79. The van der Waals surface area contributed by atoms with Crippen molar-refractivity contribution < 1.29 is 10.2 Å². The molecule has 0 radical (unpaired) electrons. The number of fused-ring (bicyclic) bond motifs is 1. The van der Waals surface area contributed by atoms with Gasteiger partial charge in [-0.1, -0.05) is 30.2 Å². The molecule has 0 saturated carbocycles. The van der Waals surface area contributed by atoms with Crippen LogP contribution >= 0.6 is 0 Å². The summed E-state index contributed by atoms with van der Waals surface area (Å²) in [5.74, 6) is 1.93. The van der Waals surface area contributed by atoms with Crippen LogP contribution in [0.5, 0.6) is 11.5 Å². The predicted molar refractivity (Wildman–Crippen MR) is 55.2 cm³/mol. The minimum Gasteiger partial charge on any atom is -0.504 e. The van der Waals surface area contributed by atoms with Crippen LogP contribution in [-0.2, 0) is 0 Å². The minimum absolute atomic E-state index is 0.156. The Morgan fingerprint density at radius 1 is 1.07 bits per heavy atom. The van der Waals surface area contributed by atoms with E-state index in [1.807, 2.05) is 12.1 Å². The zero-order chi connectivity index (χ0) is 10.1. The molecule has 0 fully saturated rings. The largest absolute Gasteiger partial charge is 0.504 e.